The zero-order valence-corrected chi connectivity index (χ0v) is 15.6. The van der Waals surface area contributed by atoms with Gasteiger partial charge in [-0.1, -0.05) is 36.4 Å². The minimum absolute atomic E-state index is 0.0919. The third-order valence-corrected chi connectivity index (χ3v) is 5.52. The van der Waals surface area contributed by atoms with E-state index in [4.69, 9.17) is 0 Å². The van der Waals surface area contributed by atoms with Crippen LogP contribution in [-0.4, -0.2) is 47.3 Å². The number of carbonyl (C=O) groups excluding carboxylic acids is 2. The third-order valence-electron chi connectivity index (χ3n) is 5.52. The molecular weight excluding hydrogens is 338 g/mol. The molecule has 5 heteroatoms. The smallest absolute Gasteiger partial charge is 0.227 e. The number of rotatable bonds is 4. The number of hydrogen-bond acceptors (Lipinski definition) is 3. The van der Waals surface area contributed by atoms with Crippen molar-refractivity contribution in [3.8, 4) is 0 Å². The third kappa shape index (κ3) is 4.03. The zero-order valence-electron chi connectivity index (χ0n) is 15.6. The van der Waals surface area contributed by atoms with Crippen LogP contribution >= 0.6 is 0 Å². The minimum atomic E-state index is -0.0919. The van der Waals surface area contributed by atoms with Crippen molar-refractivity contribution in [2.24, 2.45) is 0 Å². The molecular formula is C22H25N3O2. The van der Waals surface area contributed by atoms with E-state index in [1.165, 1.54) is 18.1 Å². The molecule has 1 saturated heterocycles. The summed E-state index contributed by atoms with van der Waals surface area (Å²) in [4.78, 5) is 28.0. The van der Waals surface area contributed by atoms with Crippen molar-refractivity contribution in [2.45, 2.75) is 32.4 Å². The van der Waals surface area contributed by atoms with Gasteiger partial charge in [-0.3, -0.25) is 14.5 Å². The molecule has 0 aromatic heterocycles. The number of nitrogens with one attached hydrogen (secondary N) is 1. The quantitative estimate of drug-likeness (QED) is 0.908. The highest BCUT2D eigenvalue weighted by molar-refractivity contribution is 5.88. The molecule has 0 atom stereocenters. The first-order valence-corrected chi connectivity index (χ1v) is 9.53. The van der Waals surface area contributed by atoms with Gasteiger partial charge in [0.2, 0.25) is 11.8 Å². The summed E-state index contributed by atoms with van der Waals surface area (Å²) < 4.78 is 0. The first-order valence-electron chi connectivity index (χ1n) is 9.53. The fourth-order valence-electron chi connectivity index (χ4n) is 3.91. The lowest BCUT2D eigenvalue weighted by Gasteiger charge is -2.47. The second-order valence-corrected chi connectivity index (χ2v) is 7.50. The monoisotopic (exact) mass is 363 g/mol. The fourth-order valence-corrected chi connectivity index (χ4v) is 3.91. The summed E-state index contributed by atoms with van der Waals surface area (Å²) in [5, 5.41) is 2.74. The van der Waals surface area contributed by atoms with Gasteiger partial charge >= 0.3 is 0 Å². The van der Waals surface area contributed by atoms with Crippen molar-refractivity contribution < 1.29 is 9.59 Å². The van der Waals surface area contributed by atoms with Gasteiger partial charge in [0.25, 0.3) is 0 Å². The van der Waals surface area contributed by atoms with Crippen molar-refractivity contribution >= 4 is 17.5 Å². The number of hydrogen-bond donors (Lipinski definition) is 1. The molecule has 0 aliphatic carbocycles. The van der Waals surface area contributed by atoms with Crippen LogP contribution < -0.4 is 5.32 Å². The van der Waals surface area contributed by atoms with Crippen LogP contribution in [0.15, 0.2) is 48.5 Å². The molecule has 2 aliphatic rings. The average molecular weight is 363 g/mol. The Bertz CT molecular complexity index is 841. The lowest BCUT2D eigenvalue weighted by molar-refractivity contribution is -0.138. The molecule has 4 rings (SSSR count). The van der Waals surface area contributed by atoms with Crippen LogP contribution in [0.4, 0.5) is 5.69 Å². The SMILES string of the molecule is CC(=O)Nc1ccc(CC(=O)N2CC(N3CCc4ccccc4C3)C2)cc1. The van der Waals surface area contributed by atoms with Crippen LogP contribution in [0.2, 0.25) is 0 Å². The molecule has 2 aliphatic heterocycles. The predicted octanol–water partition coefficient (Wildman–Crippen LogP) is 2.46. The fraction of sp³-hybridized carbons (Fsp3) is 0.364. The summed E-state index contributed by atoms with van der Waals surface area (Å²) in [6, 6.07) is 16.6. The Balaban J connectivity index is 1.27. The summed E-state index contributed by atoms with van der Waals surface area (Å²) in [5.74, 6) is 0.0849. The molecule has 27 heavy (non-hydrogen) atoms. The van der Waals surface area contributed by atoms with Gasteiger partial charge in [-0.05, 0) is 35.2 Å². The second-order valence-electron chi connectivity index (χ2n) is 7.50. The van der Waals surface area contributed by atoms with Crippen LogP contribution in [0.25, 0.3) is 0 Å². The standard InChI is InChI=1S/C22H25N3O2/c1-16(26)23-20-8-6-17(7-9-20)12-22(27)25-14-21(15-25)24-11-10-18-4-2-3-5-19(18)13-24/h2-9,21H,10-15H2,1H3,(H,23,26). The first-order chi connectivity index (χ1) is 13.1. The summed E-state index contributed by atoms with van der Waals surface area (Å²) in [6.07, 6.45) is 1.51. The molecule has 5 nitrogen and oxygen atoms in total. The number of nitrogens with zero attached hydrogens (tertiary/aromatic N) is 2. The van der Waals surface area contributed by atoms with Gasteiger partial charge in [0.05, 0.1) is 6.42 Å². The normalized spacial score (nSPS) is 17.1. The molecule has 2 heterocycles. The van der Waals surface area contributed by atoms with Gasteiger partial charge in [0, 0.05) is 44.8 Å². The molecule has 0 radical (unpaired) electrons. The van der Waals surface area contributed by atoms with E-state index in [2.05, 4.69) is 34.5 Å². The van der Waals surface area contributed by atoms with Gasteiger partial charge in [-0.2, -0.15) is 0 Å². The van der Waals surface area contributed by atoms with Gasteiger partial charge in [-0.15, -0.1) is 0 Å². The van der Waals surface area contributed by atoms with E-state index in [0.29, 0.717) is 12.5 Å². The molecule has 0 bridgehead atoms. The van der Waals surface area contributed by atoms with E-state index in [9.17, 15) is 9.59 Å². The molecule has 2 amide bonds. The summed E-state index contributed by atoms with van der Waals surface area (Å²) in [7, 11) is 0. The topological polar surface area (TPSA) is 52.7 Å². The minimum Gasteiger partial charge on any atom is -0.339 e. The number of carbonyl (C=O) groups is 2. The number of likely N-dealkylation sites (tertiary alicyclic amines) is 1. The molecule has 1 N–H and O–H groups in total. The lowest BCUT2D eigenvalue weighted by atomic mass is 9.96. The van der Waals surface area contributed by atoms with E-state index in [-0.39, 0.29) is 11.8 Å². The summed E-state index contributed by atoms with van der Waals surface area (Å²) in [6.45, 7) is 5.20. The van der Waals surface area contributed by atoms with Crippen LogP contribution in [0.5, 0.6) is 0 Å². The predicted molar refractivity (Wildman–Crippen MR) is 105 cm³/mol. The van der Waals surface area contributed by atoms with Crippen molar-refractivity contribution in [3.05, 3.63) is 65.2 Å². The van der Waals surface area contributed by atoms with E-state index < -0.39 is 0 Å². The molecule has 2 aromatic rings. The maximum absolute atomic E-state index is 12.5. The van der Waals surface area contributed by atoms with Gasteiger partial charge in [-0.25, -0.2) is 0 Å². The van der Waals surface area contributed by atoms with E-state index in [1.54, 1.807) is 0 Å². The highest BCUT2D eigenvalue weighted by Gasteiger charge is 2.35. The number of fused-ring (bicyclic) bond motifs is 1. The van der Waals surface area contributed by atoms with Crippen LogP contribution in [0.3, 0.4) is 0 Å². The molecule has 0 spiro atoms. The van der Waals surface area contributed by atoms with E-state index >= 15 is 0 Å². The number of amides is 2. The highest BCUT2D eigenvalue weighted by atomic mass is 16.2. The summed E-state index contributed by atoms with van der Waals surface area (Å²) in [5.41, 5.74) is 4.62. The maximum Gasteiger partial charge on any atom is 0.227 e. The molecule has 140 valence electrons. The van der Waals surface area contributed by atoms with Crippen molar-refractivity contribution in [1.82, 2.24) is 9.80 Å². The Hall–Kier alpha value is -2.66. The van der Waals surface area contributed by atoms with Crippen LogP contribution in [0, 0.1) is 0 Å². The maximum atomic E-state index is 12.5. The molecule has 0 unspecified atom stereocenters. The number of anilines is 1. The lowest BCUT2D eigenvalue weighted by Crippen LogP contribution is -2.61. The van der Waals surface area contributed by atoms with Crippen molar-refractivity contribution in [2.75, 3.05) is 25.0 Å². The Morgan fingerprint density at radius 2 is 1.74 bits per heavy atom. The van der Waals surface area contributed by atoms with Crippen molar-refractivity contribution in [3.63, 3.8) is 0 Å². The Labute approximate surface area is 160 Å². The van der Waals surface area contributed by atoms with Crippen LogP contribution in [0.1, 0.15) is 23.6 Å². The van der Waals surface area contributed by atoms with Crippen LogP contribution in [-0.2, 0) is 29.0 Å². The van der Waals surface area contributed by atoms with E-state index in [1.807, 2.05) is 29.2 Å². The largest absolute Gasteiger partial charge is 0.339 e. The van der Waals surface area contributed by atoms with Gasteiger partial charge in [0.15, 0.2) is 0 Å². The van der Waals surface area contributed by atoms with Gasteiger partial charge < -0.3 is 10.2 Å². The average Bonchev–Trinajstić information content (AvgIpc) is 2.61. The molecule has 1 fully saturated rings. The van der Waals surface area contributed by atoms with Crippen molar-refractivity contribution in [1.29, 1.82) is 0 Å². The van der Waals surface area contributed by atoms with Gasteiger partial charge in [0.1, 0.15) is 0 Å². The first kappa shape index (κ1) is 17.7. The number of benzene rings is 2. The highest BCUT2D eigenvalue weighted by Crippen LogP contribution is 2.24. The second kappa shape index (κ2) is 7.53. The Morgan fingerprint density at radius 3 is 2.44 bits per heavy atom. The Kier molecular flexibility index (Phi) is 4.94. The Morgan fingerprint density at radius 1 is 1.04 bits per heavy atom. The zero-order chi connectivity index (χ0) is 18.8. The molecule has 0 saturated carbocycles. The summed E-state index contributed by atoms with van der Waals surface area (Å²) >= 11 is 0. The molecule has 2 aromatic carbocycles. The van der Waals surface area contributed by atoms with E-state index in [0.717, 1.165) is 43.9 Å².